The Morgan fingerprint density at radius 1 is 0.250 bits per heavy atom. The zero-order chi connectivity index (χ0) is 26.5. The smallest absolute Gasteiger partial charge is 0.00143 e. The third-order valence-corrected chi connectivity index (χ3v) is 8.23. The van der Waals surface area contributed by atoms with Crippen molar-refractivity contribution in [3.8, 4) is 44.5 Å². The summed E-state index contributed by atoms with van der Waals surface area (Å²) in [4.78, 5) is 0. The van der Waals surface area contributed by atoms with Crippen molar-refractivity contribution in [3.05, 3.63) is 158 Å². The van der Waals surface area contributed by atoms with Crippen LogP contribution in [0, 0.1) is 0 Å². The van der Waals surface area contributed by atoms with Gasteiger partial charge in [0, 0.05) is 0 Å². The number of benzene rings is 8. The van der Waals surface area contributed by atoms with Gasteiger partial charge in [0.25, 0.3) is 0 Å². The summed E-state index contributed by atoms with van der Waals surface area (Å²) in [7, 11) is 0. The quantitative estimate of drug-likeness (QED) is 0.208. The van der Waals surface area contributed by atoms with Gasteiger partial charge in [0.1, 0.15) is 0 Å². The Morgan fingerprint density at radius 3 is 1.38 bits per heavy atom. The minimum Gasteiger partial charge on any atom is -0.0622 e. The zero-order valence-electron chi connectivity index (χ0n) is 22.0. The molecule has 8 aromatic rings. The van der Waals surface area contributed by atoms with E-state index < -0.39 is 0 Å². The second-order valence-corrected chi connectivity index (χ2v) is 10.5. The average Bonchev–Trinajstić information content (AvgIpc) is 3.04. The van der Waals surface area contributed by atoms with Gasteiger partial charge in [-0.25, -0.2) is 0 Å². The van der Waals surface area contributed by atoms with Crippen molar-refractivity contribution < 1.29 is 0 Å². The SMILES string of the molecule is c1ccc(-c2ccc(-c3cc(-c4cccc(-c5ccccc5)c4)c4ccc5cccc6ccc3c4c65)cc2)cc1. The highest BCUT2D eigenvalue weighted by Gasteiger charge is 2.17. The van der Waals surface area contributed by atoms with Gasteiger partial charge in [0.15, 0.2) is 0 Å². The summed E-state index contributed by atoms with van der Waals surface area (Å²) in [6.45, 7) is 0. The maximum Gasteiger partial charge on any atom is -0.00143 e. The van der Waals surface area contributed by atoms with Crippen LogP contribution in [-0.4, -0.2) is 0 Å². The number of hydrogen-bond acceptors (Lipinski definition) is 0. The third kappa shape index (κ3) is 3.69. The first kappa shape index (κ1) is 22.8. The molecule has 0 atom stereocenters. The lowest BCUT2D eigenvalue weighted by atomic mass is 9.85. The van der Waals surface area contributed by atoms with Gasteiger partial charge < -0.3 is 0 Å². The van der Waals surface area contributed by atoms with Crippen LogP contribution < -0.4 is 0 Å². The molecule has 0 aromatic heterocycles. The van der Waals surface area contributed by atoms with Gasteiger partial charge in [-0.2, -0.15) is 0 Å². The molecule has 0 bridgehead atoms. The lowest BCUT2D eigenvalue weighted by Crippen LogP contribution is -1.91. The molecule has 0 fully saturated rings. The Labute approximate surface area is 234 Å². The molecule has 0 heteroatoms. The molecule has 0 amide bonds. The lowest BCUT2D eigenvalue weighted by molar-refractivity contribution is 1.59. The third-order valence-electron chi connectivity index (χ3n) is 8.23. The summed E-state index contributed by atoms with van der Waals surface area (Å²) in [5.74, 6) is 0. The van der Waals surface area contributed by atoms with Crippen LogP contribution in [0.5, 0.6) is 0 Å². The summed E-state index contributed by atoms with van der Waals surface area (Å²) in [6.07, 6.45) is 0. The van der Waals surface area contributed by atoms with Gasteiger partial charge in [-0.3, -0.25) is 0 Å². The first-order valence-electron chi connectivity index (χ1n) is 13.9. The molecule has 0 saturated carbocycles. The minimum absolute atomic E-state index is 1.23. The minimum atomic E-state index is 1.23. The van der Waals surface area contributed by atoms with Crippen LogP contribution >= 0.6 is 0 Å². The first-order chi connectivity index (χ1) is 19.8. The maximum absolute atomic E-state index is 2.41. The van der Waals surface area contributed by atoms with E-state index in [0.29, 0.717) is 0 Å². The van der Waals surface area contributed by atoms with E-state index in [1.165, 1.54) is 76.8 Å². The molecular weight excluding hydrogens is 480 g/mol. The van der Waals surface area contributed by atoms with E-state index in [9.17, 15) is 0 Å². The van der Waals surface area contributed by atoms with Crippen molar-refractivity contribution in [2.24, 2.45) is 0 Å². The van der Waals surface area contributed by atoms with Crippen LogP contribution in [0.25, 0.3) is 76.8 Å². The molecule has 186 valence electrons. The van der Waals surface area contributed by atoms with Crippen LogP contribution in [0.15, 0.2) is 158 Å². The molecule has 0 aliphatic carbocycles. The fourth-order valence-corrected chi connectivity index (χ4v) is 6.28. The largest absolute Gasteiger partial charge is 0.0622 e. The zero-order valence-corrected chi connectivity index (χ0v) is 22.0. The summed E-state index contributed by atoms with van der Waals surface area (Å²) >= 11 is 0. The van der Waals surface area contributed by atoms with Gasteiger partial charge >= 0.3 is 0 Å². The predicted octanol–water partition coefficient (Wildman–Crippen LogP) is 11.3. The monoisotopic (exact) mass is 506 g/mol. The van der Waals surface area contributed by atoms with E-state index in [1.807, 2.05) is 0 Å². The summed E-state index contributed by atoms with van der Waals surface area (Å²) in [5, 5.41) is 7.87. The summed E-state index contributed by atoms with van der Waals surface area (Å²) in [6, 6.07) is 57.5. The van der Waals surface area contributed by atoms with E-state index >= 15 is 0 Å². The Kier molecular flexibility index (Phi) is 5.24. The molecule has 0 N–H and O–H groups in total. The second-order valence-electron chi connectivity index (χ2n) is 10.5. The van der Waals surface area contributed by atoms with Crippen molar-refractivity contribution in [1.82, 2.24) is 0 Å². The van der Waals surface area contributed by atoms with Crippen LogP contribution in [0.4, 0.5) is 0 Å². The van der Waals surface area contributed by atoms with Crippen LogP contribution in [-0.2, 0) is 0 Å². The van der Waals surface area contributed by atoms with Crippen molar-refractivity contribution >= 4 is 32.3 Å². The molecule has 0 nitrogen and oxygen atoms in total. The Hall–Kier alpha value is -5.20. The molecule has 0 spiro atoms. The second kappa shape index (κ2) is 9.22. The highest BCUT2D eigenvalue weighted by atomic mass is 14.2. The van der Waals surface area contributed by atoms with E-state index in [0.717, 1.165) is 0 Å². The standard InChI is InChI=1S/C40H26/c1-3-9-27(10-4-1)29-17-19-30(20-18-29)37-26-38(34-16-8-15-33(25-34)28-11-5-2-6-12-28)36-24-22-32-14-7-13-31-21-23-35(37)40(36)39(31)32/h1-26H. The molecule has 40 heavy (non-hydrogen) atoms. The van der Waals surface area contributed by atoms with E-state index in [2.05, 4.69) is 158 Å². The van der Waals surface area contributed by atoms with Crippen LogP contribution in [0.1, 0.15) is 0 Å². The molecule has 0 heterocycles. The number of hydrogen-bond donors (Lipinski definition) is 0. The fourth-order valence-electron chi connectivity index (χ4n) is 6.28. The first-order valence-corrected chi connectivity index (χ1v) is 13.9. The molecule has 0 radical (unpaired) electrons. The summed E-state index contributed by atoms with van der Waals surface area (Å²) in [5.41, 5.74) is 9.95. The van der Waals surface area contributed by atoms with Crippen LogP contribution in [0.2, 0.25) is 0 Å². The summed E-state index contributed by atoms with van der Waals surface area (Å²) < 4.78 is 0. The van der Waals surface area contributed by atoms with Crippen molar-refractivity contribution in [1.29, 1.82) is 0 Å². The Balaban J connectivity index is 1.40. The van der Waals surface area contributed by atoms with Crippen molar-refractivity contribution in [3.63, 3.8) is 0 Å². The Bertz CT molecular complexity index is 2100. The van der Waals surface area contributed by atoms with E-state index in [4.69, 9.17) is 0 Å². The number of rotatable bonds is 4. The van der Waals surface area contributed by atoms with Crippen molar-refractivity contribution in [2.75, 3.05) is 0 Å². The van der Waals surface area contributed by atoms with E-state index in [1.54, 1.807) is 0 Å². The normalized spacial score (nSPS) is 11.5. The van der Waals surface area contributed by atoms with Crippen LogP contribution in [0.3, 0.4) is 0 Å². The molecule has 8 rings (SSSR count). The van der Waals surface area contributed by atoms with Gasteiger partial charge in [0.05, 0.1) is 0 Å². The lowest BCUT2D eigenvalue weighted by Gasteiger charge is -2.18. The van der Waals surface area contributed by atoms with Gasteiger partial charge in [0.2, 0.25) is 0 Å². The van der Waals surface area contributed by atoms with Gasteiger partial charge in [-0.05, 0) is 89.0 Å². The highest BCUT2D eigenvalue weighted by molar-refractivity contribution is 6.28. The Morgan fingerprint density at radius 2 is 0.725 bits per heavy atom. The fraction of sp³-hybridized carbons (Fsp3) is 0. The van der Waals surface area contributed by atoms with Gasteiger partial charge in [-0.1, -0.05) is 146 Å². The molecule has 0 saturated heterocycles. The average molecular weight is 507 g/mol. The highest BCUT2D eigenvalue weighted by Crippen LogP contribution is 2.44. The van der Waals surface area contributed by atoms with Crippen molar-refractivity contribution in [2.45, 2.75) is 0 Å². The molecular formula is C40H26. The molecule has 0 aliphatic rings. The predicted molar refractivity (Wildman–Crippen MR) is 172 cm³/mol. The maximum atomic E-state index is 2.41. The molecule has 0 aliphatic heterocycles. The van der Waals surface area contributed by atoms with E-state index in [-0.39, 0.29) is 0 Å². The topological polar surface area (TPSA) is 0 Å². The van der Waals surface area contributed by atoms with Gasteiger partial charge in [-0.15, -0.1) is 0 Å². The molecule has 0 unspecified atom stereocenters. The molecule has 8 aromatic carbocycles.